The Labute approximate surface area is 126 Å². The summed E-state index contributed by atoms with van der Waals surface area (Å²) in [7, 11) is 1.88. The van der Waals surface area contributed by atoms with Crippen molar-refractivity contribution in [2.24, 2.45) is 7.05 Å². The average molecular weight is 308 g/mol. The van der Waals surface area contributed by atoms with Gasteiger partial charge < -0.3 is 9.13 Å². The van der Waals surface area contributed by atoms with Crippen molar-refractivity contribution in [1.29, 1.82) is 0 Å². The second-order valence-electron chi connectivity index (χ2n) is 4.95. The molecule has 3 aromatic rings. The highest BCUT2D eigenvalue weighted by Gasteiger charge is 2.20. The normalized spacial score (nSPS) is 13.0. The van der Waals surface area contributed by atoms with E-state index >= 15 is 0 Å². The smallest absolute Gasteiger partial charge is 0.155 e. The zero-order chi connectivity index (χ0) is 15.0. The van der Waals surface area contributed by atoms with Crippen LogP contribution in [0.5, 0.6) is 0 Å². The van der Waals surface area contributed by atoms with Gasteiger partial charge in [0.2, 0.25) is 0 Å². The quantitative estimate of drug-likeness (QED) is 0.696. The monoisotopic (exact) mass is 307 g/mol. The fraction of sp³-hybridized carbons (Fsp3) is 0.357. The van der Waals surface area contributed by atoms with E-state index in [1.54, 1.807) is 12.4 Å². The highest BCUT2D eigenvalue weighted by atomic mass is 35.5. The Hall–Kier alpha value is -1.95. The number of aryl methyl sites for hydroxylation is 2. The van der Waals surface area contributed by atoms with Crippen LogP contribution in [-0.2, 0) is 13.5 Å². The first-order valence-corrected chi connectivity index (χ1v) is 7.21. The molecule has 2 heterocycles. The average Bonchev–Trinajstić information content (AvgIpc) is 3.02. The number of aromatic nitrogens is 5. The molecule has 0 aliphatic rings. The van der Waals surface area contributed by atoms with Crippen molar-refractivity contribution in [1.82, 2.24) is 24.3 Å². The molecule has 0 saturated heterocycles. The maximum Gasteiger partial charge on any atom is 0.155 e. The van der Waals surface area contributed by atoms with Crippen LogP contribution < -0.4 is 0 Å². The number of rotatable bonds is 4. The Morgan fingerprint density at radius 3 is 2.86 bits per heavy atom. The Bertz CT molecular complexity index is 779. The van der Waals surface area contributed by atoms with Crippen LogP contribution in [-0.4, -0.2) is 30.2 Å². The minimum Gasteiger partial charge on any atom is -0.319 e. The number of halogens is 2. The van der Waals surface area contributed by atoms with Gasteiger partial charge in [0.25, 0.3) is 0 Å². The van der Waals surface area contributed by atoms with Crippen LogP contribution in [0.3, 0.4) is 0 Å². The summed E-state index contributed by atoms with van der Waals surface area (Å²) in [6.45, 7) is 1.99. The van der Waals surface area contributed by atoms with Gasteiger partial charge in [-0.1, -0.05) is 0 Å². The largest absolute Gasteiger partial charge is 0.319 e. The minimum absolute atomic E-state index is 0.109. The summed E-state index contributed by atoms with van der Waals surface area (Å²) in [5, 5.41) is 8.04. The molecule has 1 atom stereocenters. The van der Waals surface area contributed by atoms with Crippen molar-refractivity contribution in [2.75, 3.05) is 5.88 Å². The highest BCUT2D eigenvalue weighted by Crippen LogP contribution is 2.26. The SMILES string of the molecule is CC(c1nncn1C)n1c(CCCl)nc2ccc(F)cc21. The molecule has 0 spiro atoms. The molecule has 1 unspecified atom stereocenters. The third-order valence-electron chi connectivity index (χ3n) is 3.55. The molecule has 5 nitrogen and oxygen atoms in total. The summed E-state index contributed by atoms with van der Waals surface area (Å²) in [5.41, 5.74) is 1.50. The van der Waals surface area contributed by atoms with E-state index in [9.17, 15) is 4.39 Å². The van der Waals surface area contributed by atoms with Crippen molar-refractivity contribution in [2.45, 2.75) is 19.4 Å². The molecule has 21 heavy (non-hydrogen) atoms. The Balaban J connectivity index is 2.21. The topological polar surface area (TPSA) is 48.5 Å². The molecule has 7 heteroatoms. The van der Waals surface area contributed by atoms with E-state index in [1.807, 2.05) is 23.1 Å². The van der Waals surface area contributed by atoms with Crippen LogP contribution in [0.15, 0.2) is 24.5 Å². The lowest BCUT2D eigenvalue weighted by molar-refractivity contribution is 0.564. The number of hydrogen-bond acceptors (Lipinski definition) is 3. The number of fused-ring (bicyclic) bond motifs is 1. The molecule has 3 rings (SSSR count). The summed E-state index contributed by atoms with van der Waals surface area (Å²) < 4.78 is 17.4. The van der Waals surface area contributed by atoms with Gasteiger partial charge in [0.1, 0.15) is 18.0 Å². The van der Waals surface area contributed by atoms with Crippen molar-refractivity contribution in [3.63, 3.8) is 0 Å². The number of benzene rings is 1. The van der Waals surface area contributed by atoms with Crippen LogP contribution in [0.1, 0.15) is 24.6 Å². The van der Waals surface area contributed by atoms with Crippen LogP contribution >= 0.6 is 11.6 Å². The molecule has 0 bridgehead atoms. The molecule has 2 aromatic heterocycles. The number of alkyl halides is 1. The molecule has 0 amide bonds. The van der Waals surface area contributed by atoms with E-state index in [2.05, 4.69) is 15.2 Å². The minimum atomic E-state index is -0.286. The van der Waals surface area contributed by atoms with E-state index < -0.39 is 0 Å². The summed E-state index contributed by atoms with van der Waals surface area (Å²) in [4.78, 5) is 4.56. The lowest BCUT2D eigenvalue weighted by Crippen LogP contribution is -2.15. The Morgan fingerprint density at radius 2 is 2.19 bits per heavy atom. The van der Waals surface area contributed by atoms with Gasteiger partial charge in [0, 0.05) is 19.3 Å². The predicted molar refractivity (Wildman–Crippen MR) is 78.9 cm³/mol. The zero-order valence-electron chi connectivity index (χ0n) is 11.8. The van der Waals surface area contributed by atoms with Gasteiger partial charge in [-0.25, -0.2) is 9.37 Å². The highest BCUT2D eigenvalue weighted by molar-refractivity contribution is 6.17. The Kier molecular flexibility index (Phi) is 3.63. The molecule has 110 valence electrons. The van der Waals surface area contributed by atoms with Gasteiger partial charge in [-0.15, -0.1) is 21.8 Å². The number of hydrogen-bond donors (Lipinski definition) is 0. The fourth-order valence-electron chi connectivity index (χ4n) is 2.59. The van der Waals surface area contributed by atoms with Crippen molar-refractivity contribution in [3.8, 4) is 0 Å². The van der Waals surface area contributed by atoms with Gasteiger partial charge in [-0.05, 0) is 25.1 Å². The summed E-state index contributed by atoms with van der Waals surface area (Å²) >= 11 is 5.87. The molecule has 0 saturated carbocycles. The van der Waals surface area contributed by atoms with Crippen molar-refractivity contribution in [3.05, 3.63) is 42.0 Å². The second kappa shape index (κ2) is 5.44. The van der Waals surface area contributed by atoms with Crippen LogP contribution in [0, 0.1) is 5.82 Å². The maximum absolute atomic E-state index is 13.6. The summed E-state index contributed by atoms with van der Waals surface area (Å²) in [6.07, 6.45) is 2.26. The van der Waals surface area contributed by atoms with Gasteiger partial charge in [-0.3, -0.25) is 0 Å². The first-order valence-electron chi connectivity index (χ1n) is 6.68. The van der Waals surface area contributed by atoms with Gasteiger partial charge in [0.15, 0.2) is 5.82 Å². The van der Waals surface area contributed by atoms with E-state index in [0.29, 0.717) is 12.3 Å². The second-order valence-corrected chi connectivity index (χ2v) is 5.32. The lowest BCUT2D eigenvalue weighted by Gasteiger charge is -2.16. The van der Waals surface area contributed by atoms with E-state index in [-0.39, 0.29) is 11.9 Å². The third kappa shape index (κ3) is 2.40. The maximum atomic E-state index is 13.6. The van der Waals surface area contributed by atoms with Crippen LogP contribution in [0.2, 0.25) is 0 Å². The van der Waals surface area contributed by atoms with E-state index in [1.165, 1.54) is 12.1 Å². The fourth-order valence-corrected chi connectivity index (χ4v) is 2.76. The first-order chi connectivity index (χ1) is 10.1. The molecule has 0 fully saturated rings. The predicted octanol–water partition coefficient (Wildman–Crippen LogP) is 2.69. The number of imidazole rings is 1. The van der Waals surface area contributed by atoms with Gasteiger partial charge in [-0.2, -0.15) is 0 Å². The molecule has 1 aromatic carbocycles. The van der Waals surface area contributed by atoms with Gasteiger partial charge in [0.05, 0.1) is 17.1 Å². The summed E-state index contributed by atoms with van der Waals surface area (Å²) in [5.74, 6) is 1.78. The number of nitrogens with zero attached hydrogens (tertiary/aromatic N) is 5. The van der Waals surface area contributed by atoms with Gasteiger partial charge >= 0.3 is 0 Å². The molecule has 0 aliphatic heterocycles. The third-order valence-corrected chi connectivity index (χ3v) is 3.74. The molecule has 0 radical (unpaired) electrons. The molecular formula is C14H15ClFN5. The molecule has 0 aliphatic carbocycles. The standard InChI is InChI=1S/C14H15ClFN5/c1-9(14-19-17-8-20(14)2)21-12-7-10(16)3-4-11(12)18-13(21)5-6-15/h3-4,7-9H,5-6H2,1-2H3. The van der Waals surface area contributed by atoms with Crippen molar-refractivity contribution >= 4 is 22.6 Å². The van der Waals surface area contributed by atoms with E-state index in [0.717, 1.165) is 22.7 Å². The van der Waals surface area contributed by atoms with Crippen LogP contribution in [0.4, 0.5) is 4.39 Å². The molecule has 0 N–H and O–H groups in total. The summed E-state index contributed by atoms with van der Waals surface area (Å²) in [6, 6.07) is 4.48. The first kappa shape index (κ1) is 14.0. The van der Waals surface area contributed by atoms with E-state index in [4.69, 9.17) is 11.6 Å². The molecular weight excluding hydrogens is 293 g/mol. The lowest BCUT2D eigenvalue weighted by atomic mass is 10.2. The van der Waals surface area contributed by atoms with Crippen LogP contribution in [0.25, 0.3) is 11.0 Å². The zero-order valence-corrected chi connectivity index (χ0v) is 12.5. The van der Waals surface area contributed by atoms with Crippen molar-refractivity contribution < 1.29 is 4.39 Å². The Morgan fingerprint density at radius 1 is 1.38 bits per heavy atom.